The van der Waals surface area contributed by atoms with Gasteiger partial charge in [-0.25, -0.2) is 12.8 Å². The van der Waals surface area contributed by atoms with Crippen molar-refractivity contribution >= 4 is 15.8 Å². The number of sulfonamides is 1. The predicted molar refractivity (Wildman–Crippen MR) is 130 cm³/mol. The molecule has 1 aliphatic heterocycles. The molecule has 0 radical (unpaired) electrons. The number of benzene rings is 3. The van der Waals surface area contributed by atoms with Crippen LogP contribution in [-0.2, 0) is 21.2 Å². The molecule has 4 nitrogen and oxygen atoms in total. The van der Waals surface area contributed by atoms with Crippen LogP contribution in [0.2, 0.25) is 0 Å². The third-order valence-electron chi connectivity index (χ3n) is 7.03. The highest BCUT2D eigenvalue weighted by Gasteiger charge is 2.45. The van der Waals surface area contributed by atoms with E-state index in [4.69, 9.17) is 0 Å². The minimum Gasteiger partial charge on any atom is -0.299 e. The second kappa shape index (κ2) is 8.93. The number of rotatable bonds is 5. The number of carbonyl (C=O) groups excluding carboxylic acids is 1. The Bertz CT molecular complexity index is 1330. The number of fused-ring (bicyclic) bond motifs is 1. The molecule has 3 aromatic rings. The molecule has 6 heteroatoms. The molecule has 1 saturated carbocycles. The largest absolute Gasteiger partial charge is 0.299 e. The molecule has 5 rings (SSSR count). The Morgan fingerprint density at radius 1 is 0.882 bits per heavy atom. The van der Waals surface area contributed by atoms with Crippen molar-refractivity contribution in [3.05, 3.63) is 102 Å². The molecule has 1 heterocycles. The van der Waals surface area contributed by atoms with Gasteiger partial charge in [0, 0.05) is 31.3 Å². The summed E-state index contributed by atoms with van der Waals surface area (Å²) in [5.41, 5.74) is 3.50. The molecule has 3 aromatic carbocycles. The normalized spacial score (nSPS) is 21.1. The van der Waals surface area contributed by atoms with E-state index in [0.29, 0.717) is 32.2 Å². The number of halogens is 1. The van der Waals surface area contributed by atoms with Gasteiger partial charge in [0.1, 0.15) is 11.6 Å². The third kappa shape index (κ3) is 4.36. The summed E-state index contributed by atoms with van der Waals surface area (Å²) in [6.07, 6.45) is 4.20. The van der Waals surface area contributed by atoms with Gasteiger partial charge in [-0.15, -0.1) is 0 Å². The van der Waals surface area contributed by atoms with Crippen LogP contribution in [0.4, 0.5) is 4.39 Å². The molecule has 0 amide bonds. The molecule has 0 saturated heterocycles. The van der Waals surface area contributed by atoms with Gasteiger partial charge < -0.3 is 0 Å². The van der Waals surface area contributed by atoms with Gasteiger partial charge in [-0.3, -0.25) is 4.79 Å². The highest BCUT2D eigenvalue weighted by atomic mass is 32.2. The number of ketones is 1. The van der Waals surface area contributed by atoms with Crippen LogP contribution in [-0.4, -0.2) is 31.6 Å². The lowest BCUT2D eigenvalue weighted by Gasteiger charge is -2.45. The zero-order valence-corrected chi connectivity index (χ0v) is 19.6. The monoisotopic (exact) mass is 475 g/mol. The van der Waals surface area contributed by atoms with Gasteiger partial charge in [0.25, 0.3) is 0 Å². The molecule has 1 aliphatic carbocycles. The second-order valence-corrected chi connectivity index (χ2v) is 11.2. The second-order valence-electron chi connectivity index (χ2n) is 9.22. The summed E-state index contributed by atoms with van der Waals surface area (Å²) in [5, 5.41) is 0. The van der Waals surface area contributed by atoms with E-state index in [1.807, 2.05) is 24.3 Å². The lowest BCUT2D eigenvalue weighted by Crippen LogP contribution is -2.49. The highest BCUT2D eigenvalue weighted by Crippen LogP contribution is 2.46. The van der Waals surface area contributed by atoms with Gasteiger partial charge in [-0.05, 0) is 53.8 Å². The van der Waals surface area contributed by atoms with Crippen molar-refractivity contribution in [1.29, 1.82) is 0 Å². The molecule has 0 N–H and O–H groups in total. The summed E-state index contributed by atoms with van der Waals surface area (Å²) >= 11 is 0. The van der Waals surface area contributed by atoms with E-state index in [1.165, 1.54) is 12.1 Å². The molecule has 174 valence electrons. The maximum atomic E-state index is 13.6. The quantitative estimate of drug-likeness (QED) is 0.464. The van der Waals surface area contributed by atoms with E-state index >= 15 is 0 Å². The van der Waals surface area contributed by atoms with Crippen LogP contribution in [0.5, 0.6) is 0 Å². The van der Waals surface area contributed by atoms with Crippen molar-refractivity contribution in [2.75, 3.05) is 13.1 Å². The maximum Gasteiger partial charge on any atom is 0.243 e. The first-order valence-electron chi connectivity index (χ1n) is 11.5. The Balaban J connectivity index is 1.44. The molecule has 0 spiro atoms. The summed E-state index contributed by atoms with van der Waals surface area (Å²) in [5.74, 6) is -0.0862. The summed E-state index contributed by atoms with van der Waals surface area (Å²) in [7, 11) is -3.72. The van der Waals surface area contributed by atoms with Crippen LogP contribution < -0.4 is 0 Å². The van der Waals surface area contributed by atoms with Gasteiger partial charge in [-0.2, -0.15) is 4.31 Å². The molecule has 0 bridgehead atoms. The van der Waals surface area contributed by atoms with Crippen molar-refractivity contribution < 1.29 is 17.6 Å². The molecule has 1 atom stereocenters. The number of hydrogen-bond acceptors (Lipinski definition) is 3. The van der Waals surface area contributed by atoms with E-state index in [2.05, 4.69) is 12.1 Å². The SMILES string of the molecule is O=C1CCC2(Cc3ccccc3)CN(S(=O)(=O)c3ccc(-c4ccc(F)cc4)cc3)CC=C2C1. The Hall–Kier alpha value is -3.09. The highest BCUT2D eigenvalue weighted by molar-refractivity contribution is 7.89. The lowest BCUT2D eigenvalue weighted by molar-refractivity contribution is -0.120. The molecular weight excluding hydrogens is 449 g/mol. The van der Waals surface area contributed by atoms with E-state index in [-0.39, 0.29) is 28.5 Å². The summed E-state index contributed by atoms with van der Waals surface area (Å²) in [6.45, 7) is 0.629. The first-order chi connectivity index (χ1) is 16.4. The molecule has 1 unspecified atom stereocenters. The number of carbonyl (C=O) groups is 1. The average molecular weight is 476 g/mol. The Kier molecular flexibility index (Phi) is 5.96. The number of Topliss-reactive ketones (excluding diaryl/α,β-unsaturated/α-hetero) is 1. The molecule has 1 fully saturated rings. The van der Waals surface area contributed by atoms with E-state index < -0.39 is 10.0 Å². The van der Waals surface area contributed by atoms with E-state index in [1.54, 1.807) is 40.7 Å². The first-order valence-corrected chi connectivity index (χ1v) is 12.9. The van der Waals surface area contributed by atoms with Crippen LogP contribution in [0, 0.1) is 11.2 Å². The molecule has 0 aromatic heterocycles. The van der Waals surface area contributed by atoms with Gasteiger partial charge in [-0.1, -0.05) is 66.2 Å². The Morgan fingerprint density at radius 3 is 2.21 bits per heavy atom. The zero-order valence-electron chi connectivity index (χ0n) is 18.8. The minimum absolute atomic E-state index is 0.225. The standard InChI is InChI=1S/C28H26FNO3S/c29-25-10-6-22(7-11-25)23-8-12-27(13-9-23)34(32,33)30-17-15-24-18-26(31)14-16-28(24,20-30)19-21-4-2-1-3-5-21/h1-13,15H,14,16-20H2. The fourth-order valence-corrected chi connectivity index (χ4v) is 6.62. The molecular formula is C28H26FNO3S. The van der Waals surface area contributed by atoms with Gasteiger partial charge in [0.05, 0.1) is 4.90 Å². The van der Waals surface area contributed by atoms with Crippen molar-refractivity contribution in [3.63, 3.8) is 0 Å². The lowest BCUT2D eigenvalue weighted by atomic mass is 9.65. The van der Waals surface area contributed by atoms with E-state index in [0.717, 1.165) is 22.3 Å². The summed E-state index contributed by atoms with van der Waals surface area (Å²) < 4.78 is 42.0. The van der Waals surface area contributed by atoms with Crippen LogP contribution in [0.25, 0.3) is 11.1 Å². The number of hydrogen-bond donors (Lipinski definition) is 0. The fraction of sp³-hybridized carbons (Fsp3) is 0.250. The van der Waals surface area contributed by atoms with Crippen molar-refractivity contribution in [1.82, 2.24) is 4.31 Å². The summed E-state index contributed by atoms with van der Waals surface area (Å²) in [4.78, 5) is 12.4. The molecule has 2 aliphatic rings. The van der Waals surface area contributed by atoms with Gasteiger partial charge in [0.15, 0.2) is 0 Å². The maximum absolute atomic E-state index is 13.6. The summed E-state index contributed by atoms with van der Waals surface area (Å²) in [6, 6.07) is 22.9. The predicted octanol–water partition coefficient (Wildman–Crippen LogP) is 5.41. The van der Waals surface area contributed by atoms with Crippen molar-refractivity contribution in [2.24, 2.45) is 5.41 Å². The Morgan fingerprint density at radius 2 is 1.53 bits per heavy atom. The minimum atomic E-state index is -3.72. The van der Waals surface area contributed by atoms with Gasteiger partial charge in [0.2, 0.25) is 10.0 Å². The van der Waals surface area contributed by atoms with Crippen molar-refractivity contribution in [3.8, 4) is 11.1 Å². The molecule has 34 heavy (non-hydrogen) atoms. The van der Waals surface area contributed by atoms with Gasteiger partial charge >= 0.3 is 0 Å². The van der Waals surface area contributed by atoms with Crippen LogP contribution in [0.1, 0.15) is 24.8 Å². The van der Waals surface area contributed by atoms with Crippen LogP contribution >= 0.6 is 0 Å². The topological polar surface area (TPSA) is 54.5 Å². The van der Waals surface area contributed by atoms with Crippen molar-refractivity contribution in [2.45, 2.75) is 30.6 Å². The smallest absolute Gasteiger partial charge is 0.243 e. The Labute approximate surface area is 199 Å². The number of nitrogens with zero attached hydrogens (tertiary/aromatic N) is 1. The van der Waals surface area contributed by atoms with E-state index in [9.17, 15) is 17.6 Å². The fourth-order valence-electron chi connectivity index (χ4n) is 5.15. The average Bonchev–Trinajstić information content (AvgIpc) is 2.85. The zero-order chi connectivity index (χ0) is 23.8. The van der Waals surface area contributed by atoms with Crippen LogP contribution in [0.15, 0.2) is 95.4 Å². The van der Waals surface area contributed by atoms with Crippen LogP contribution in [0.3, 0.4) is 0 Å². The third-order valence-corrected chi connectivity index (χ3v) is 8.85. The first kappa shape index (κ1) is 22.7.